The van der Waals surface area contributed by atoms with Gasteiger partial charge in [-0.2, -0.15) is 0 Å². The number of carbonyl (C=O) groups excluding carboxylic acids is 1. The molecule has 1 amide bonds. The Hall–Kier alpha value is -3.14. The Kier molecular flexibility index (Phi) is 5.42. The Morgan fingerprint density at radius 3 is 2.28 bits per heavy atom. The Morgan fingerprint density at radius 2 is 1.60 bits per heavy atom. The van der Waals surface area contributed by atoms with E-state index in [-0.39, 0.29) is 5.91 Å². The van der Waals surface area contributed by atoms with E-state index in [0.717, 1.165) is 11.3 Å². The van der Waals surface area contributed by atoms with Gasteiger partial charge in [0, 0.05) is 32.5 Å². The van der Waals surface area contributed by atoms with Gasteiger partial charge < -0.3 is 10.2 Å². The van der Waals surface area contributed by atoms with Crippen molar-refractivity contribution in [3.63, 3.8) is 0 Å². The molecular formula is C21H21N3O. The molecule has 0 saturated heterocycles. The summed E-state index contributed by atoms with van der Waals surface area (Å²) in [5.41, 5.74) is 3.70. The van der Waals surface area contributed by atoms with E-state index in [1.165, 1.54) is 5.56 Å². The SMILES string of the molecule is CN(Cc1ccccc1)C(=O)c1cncc(NCc2ccccc2)c1. The highest BCUT2D eigenvalue weighted by Gasteiger charge is 2.13. The van der Waals surface area contributed by atoms with Crippen molar-refractivity contribution < 1.29 is 4.79 Å². The second-order valence-corrected chi connectivity index (χ2v) is 5.95. The van der Waals surface area contributed by atoms with Gasteiger partial charge in [-0.15, -0.1) is 0 Å². The first-order valence-electron chi connectivity index (χ1n) is 8.24. The summed E-state index contributed by atoms with van der Waals surface area (Å²) in [6, 6.07) is 21.9. The zero-order valence-electron chi connectivity index (χ0n) is 14.2. The lowest BCUT2D eigenvalue weighted by atomic mass is 10.2. The van der Waals surface area contributed by atoms with Gasteiger partial charge in [-0.1, -0.05) is 60.7 Å². The van der Waals surface area contributed by atoms with Gasteiger partial charge in [0.15, 0.2) is 0 Å². The smallest absolute Gasteiger partial charge is 0.255 e. The summed E-state index contributed by atoms with van der Waals surface area (Å²) in [4.78, 5) is 18.5. The number of benzene rings is 2. The molecule has 0 aliphatic rings. The van der Waals surface area contributed by atoms with Crippen LogP contribution in [0, 0.1) is 0 Å². The molecule has 3 aromatic rings. The van der Waals surface area contributed by atoms with Crippen LogP contribution in [0.3, 0.4) is 0 Å². The van der Waals surface area contributed by atoms with Crippen LogP contribution in [0.1, 0.15) is 21.5 Å². The van der Waals surface area contributed by atoms with Gasteiger partial charge in [-0.3, -0.25) is 9.78 Å². The Balaban J connectivity index is 1.64. The fraction of sp³-hybridized carbons (Fsp3) is 0.143. The topological polar surface area (TPSA) is 45.2 Å². The minimum Gasteiger partial charge on any atom is -0.380 e. The van der Waals surface area contributed by atoms with Gasteiger partial charge >= 0.3 is 0 Å². The molecule has 1 heterocycles. The van der Waals surface area contributed by atoms with Crippen LogP contribution in [0.4, 0.5) is 5.69 Å². The minimum atomic E-state index is -0.0419. The van der Waals surface area contributed by atoms with E-state index in [1.54, 1.807) is 24.3 Å². The molecule has 0 fully saturated rings. The molecule has 3 rings (SSSR count). The third-order valence-electron chi connectivity index (χ3n) is 3.93. The van der Waals surface area contributed by atoms with Gasteiger partial charge in [0.1, 0.15) is 0 Å². The summed E-state index contributed by atoms with van der Waals surface area (Å²) >= 11 is 0. The number of nitrogens with zero attached hydrogens (tertiary/aromatic N) is 2. The first kappa shape index (κ1) is 16.7. The minimum absolute atomic E-state index is 0.0419. The maximum atomic E-state index is 12.6. The summed E-state index contributed by atoms with van der Waals surface area (Å²) in [5.74, 6) is -0.0419. The van der Waals surface area contributed by atoms with Crippen LogP contribution >= 0.6 is 0 Å². The Labute approximate surface area is 148 Å². The lowest BCUT2D eigenvalue weighted by molar-refractivity contribution is 0.0784. The number of carbonyl (C=O) groups is 1. The molecule has 0 radical (unpaired) electrons. The average molecular weight is 331 g/mol. The third kappa shape index (κ3) is 4.67. The van der Waals surface area contributed by atoms with E-state index in [0.29, 0.717) is 18.7 Å². The van der Waals surface area contributed by atoms with E-state index >= 15 is 0 Å². The van der Waals surface area contributed by atoms with Gasteiger partial charge in [0.2, 0.25) is 0 Å². The van der Waals surface area contributed by atoms with Gasteiger partial charge in [-0.05, 0) is 17.2 Å². The van der Waals surface area contributed by atoms with Crippen molar-refractivity contribution in [3.8, 4) is 0 Å². The van der Waals surface area contributed by atoms with Crippen LogP contribution in [-0.2, 0) is 13.1 Å². The summed E-state index contributed by atoms with van der Waals surface area (Å²) in [5, 5.41) is 3.31. The summed E-state index contributed by atoms with van der Waals surface area (Å²) in [6.07, 6.45) is 3.34. The quantitative estimate of drug-likeness (QED) is 0.743. The number of nitrogens with one attached hydrogen (secondary N) is 1. The molecule has 4 heteroatoms. The highest BCUT2D eigenvalue weighted by atomic mass is 16.2. The largest absolute Gasteiger partial charge is 0.380 e. The first-order chi connectivity index (χ1) is 12.2. The number of rotatable bonds is 6. The molecule has 4 nitrogen and oxygen atoms in total. The molecule has 0 aliphatic heterocycles. The lowest BCUT2D eigenvalue weighted by Gasteiger charge is -2.17. The molecule has 0 spiro atoms. The number of aromatic nitrogens is 1. The molecule has 0 aliphatic carbocycles. The van der Waals surface area contributed by atoms with E-state index in [9.17, 15) is 4.79 Å². The van der Waals surface area contributed by atoms with Crippen molar-refractivity contribution in [3.05, 3.63) is 95.8 Å². The molecule has 1 aromatic heterocycles. The molecule has 25 heavy (non-hydrogen) atoms. The molecule has 0 atom stereocenters. The Morgan fingerprint density at radius 1 is 0.960 bits per heavy atom. The molecule has 0 saturated carbocycles. The highest BCUT2D eigenvalue weighted by Crippen LogP contribution is 2.13. The third-order valence-corrected chi connectivity index (χ3v) is 3.93. The monoisotopic (exact) mass is 331 g/mol. The summed E-state index contributed by atoms with van der Waals surface area (Å²) in [7, 11) is 1.80. The van der Waals surface area contributed by atoms with Crippen molar-refractivity contribution in [1.82, 2.24) is 9.88 Å². The maximum Gasteiger partial charge on any atom is 0.255 e. The van der Waals surface area contributed by atoms with Crippen molar-refractivity contribution in [2.75, 3.05) is 12.4 Å². The zero-order chi connectivity index (χ0) is 17.5. The van der Waals surface area contributed by atoms with Crippen LogP contribution in [0.2, 0.25) is 0 Å². The van der Waals surface area contributed by atoms with Gasteiger partial charge in [0.25, 0.3) is 5.91 Å². The predicted octanol–water partition coefficient (Wildman–Crippen LogP) is 3.97. The second-order valence-electron chi connectivity index (χ2n) is 5.95. The maximum absolute atomic E-state index is 12.6. The molecule has 2 aromatic carbocycles. The first-order valence-corrected chi connectivity index (χ1v) is 8.24. The standard InChI is InChI=1S/C21H21N3O/c1-24(16-18-10-6-3-7-11-18)21(25)19-12-20(15-22-14-19)23-13-17-8-4-2-5-9-17/h2-12,14-15,23H,13,16H2,1H3. The number of hydrogen-bond donors (Lipinski definition) is 1. The zero-order valence-corrected chi connectivity index (χ0v) is 14.2. The fourth-order valence-electron chi connectivity index (χ4n) is 2.60. The number of pyridine rings is 1. The molecular weight excluding hydrogens is 310 g/mol. The number of anilines is 1. The fourth-order valence-corrected chi connectivity index (χ4v) is 2.60. The van der Waals surface area contributed by atoms with Crippen LogP contribution < -0.4 is 5.32 Å². The summed E-state index contributed by atoms with van der Waals surface area (Å²) < 4.78 is 0. The molecule has 126 valence electrons. The second kappa shape index (κ2) is 8.11. The van der Waals surface area contributed by atoms with E-state index in [2.05, 4.69) is 22.4 Å². The number of amides is 1. The van der Waals surface area contributed by atoms with E-state index < -0.39 is 0 Å². The van der Waals surface area contributed by atoms with Crippen molar-refractivity contribution in [2.24, 2.45) is 0 Å². The van der Waals surface area contributed by atoms with Gasteiger partial charge in [-0.25, -0.2) is 0 Å². The van der Waals surface area contributed by atoms with Crippen LogP contribution in [-0.4, -0.2) is 22.8 Å². The molecule has 1 N–H and O–H groups in total. The van der Waals surface area contributed by atoms with Crippen molar-refractivity contribution >= 4 is 11.6 Å². The van der Waals surface area contributed by atoms with Crippen molar-refractivity contribution in [1.29, 1.82) is 0 Å². The van der Waals surface area contributed by atoms with E-state index in [4.69, 9.17) is 0 Å². The highest BCUT2D eigenvalue weighted by molar-refractivity contribution is 5.94. The average Bonchev–Trinajstić information content (AvgIpc) is 2.67. The van der Waals surface area contributed by atoms with Crippen molar-refractivity contribution in [2.45, 2.75) is 13.1 Å². The van der Waals surface area contributed by atoms with Gasteiger partial charge in [0.05, 0.1) is 11.3 Å². The predicted molar refractivity (Wildman–Crippen MR) is 100 cm³/mol. The molecule has 0 bridgehead atoms. The normalized spacial score (nSPS) is 10.3. The lowest BCUT2D eigenvalue weighted by Crippen LogP contribution is -2.26. The van der Waals surface area contributed by atoms with Crippen LogP contribution in [0.25, 0.3) is 0 Å². The van der Waals surface area contributed by atoms with Crippen LogP contribution in [0.5, 0.6) is 0 Å². The summed E-state index contributed by atoms with van der Waals surface area (Å²) in [6.45, 7) is 1.27. The van der Waals surface area contributed by atoms with Crippen LogP contribution in [0.15, 0.2) is 79.1 Å². The molecule has 0 unspecified atom stereocenters. The number of hydrogen-bond acceptors (Lipinski definition) is 3. The Bertz CT molecular complexity index is 819. The van der Waals surface area contributed by atoms with E-state index in [1.807, 2.05) is 54.6 Å².